The lowest BCUT2D eigenvalue weighted by molar-refractivity contribution is 0.331. The van der Waals surface area contributed by atoms with E-state index in [0.29, 0.717) is 4.83 Å². The van der Waals surface area contributed by atoms with Crippen LogP contribution in [0.25, 0.3) is 0 Å². The standard InChI is InChI=1S/C16H20BrClO/c17-15(8-11-4-2-1-3-5-11)14-10-13(18)9-12-6-7-19-16(12)14/h9-11,15H,1-8H2. The Morgan fingerprint density at radius 3 is 2.84 bits per heavy atom. The van der Waals surface area contributed by atoms with Gasteiger partial charge in [-0.3, -0.25) is 0 Å². The molecule has 1 saturated carbocycles. The fourth-order valence-electron chi connectivity index (χ4n) is 3.37. The summed E-state index contributed by atoms with van der Waals surface area (Å²) < 4.78 is 5.81. The molecule has 1 fully saturated rings. The second-order valence-electron chi connectivity index (χ2n) is 5.79. The van der Waals surface area contributed by atoms with Gasteiger partial charge in [-0.05, 0) is 30.0 Å². The summed E-state index contributed by atoms with van der Waals surface area (Å²) in [4.78, 5) is 0.376. The summed E-state index contributed by atoms with van der Waals surface area (Å²) in [5.41, 5.74) is 2.53. The maximum atomic E-state index is 6.24. The molecule has 0 bridgehead atoms. The predicted octanol–water partition coefficient (Wildman–Crippen LogP) is 5.68. The molecule has 1 aromatic rings. The Hall–Kier alpha value is -0.210. The number of rotatable bonds is 3. The first-order valence-electron chi connectivity index (χ1n) is 7.33. The van der Waals surface area contributed by atoms with Crippen LogP contribution in [0.15, 0.2) is 12.1 Å². The Balaban J connectivity index is 1.77. The average molecular weight is 344 g/mol. The molecule has 1 atom stereocenters. The molecule has 0 saturated heterocycles. The number of benzene rings is 1. The van der Waals surface area contributed by atoms with Gasteiger partial charge in [0.1, 0.15) is 5.75 Å². The SMILES string of the molecule is Clc1cc2c(c(C(Br)CC3CCCCC3)c1)OCC2. The second kappa shape index (κ2) is 6.05. The molecule has 104 valence electrons. The molecule has 3 rings (SSSR count). The molecule has 1 aromatic carbocycles. The van der Waals surface area contributed by atoms with Crippen molar-refractivity contribution in [1.29, 1.82) is 0 Å². The normalized spacial score (nSPS) is 20.9. The lowest BCUT2D eigenvalue weighted by Crippen LogP contribution is -2.09. The Morgan fingerprint density at radius 1 is 1.26 bits per heavy atom. The highest BCUT2D eigenvalue weighted by molar-refractivity contribution is 9.09. The molecule has 0 N–H and O–H groups in total. The third-order valence-corrected chi connectivity index (χ3v) is 5.46. The molecule has 2 aliphatic rings. The Bertz CT molecular complexity index is 454. The molecule has 0 amide bonds. The van der Waals surface area contributed by atoms with Crippen LogP contribution in [0, 0.1) is 5.92 Å². The molecule has 0 radical (unpaired) electrons. The van der Waals surface area contributed by atoms with Crippen LogP contribution in [0.2, 0.25) is 5.02 Å². The minimum Gasteiger partial charge on any atom is -0.493 e. The van der Waals surface area contributed by atoms with E-state index in [1.807, 2.05) is 6.07 Å². The number of hydrogen-bond donors (Lipinski definition) is 0. The van der Waals surface area contributed by atoms with Crippen LogP contribution in [-0.2, 0) is 6.42 Å². The molecule has 3 heteroatoms. The van der Waals surface area contributed by atoms with Crippen molar-refractivity contribution in [3.63, 3.8) is 0 Å². The summed E-state index contributed by atoms with van der Waals surface area (Å²) in [7, 11) is 0. The van der Waals surface area contributed by atoms with E-state index in [9.17, 15) is 0 Å². The van der Waals surface area contributed by atoms with Crippen molar-refractivity contribution >= 4 is 27.5 Å². The molecule has 1 heterocycles. The van der Waals surface area contributed by atoms with Crippen molar-refractivity contribution in [3.05, 3.63) is 28.3 Å². The van der Waals surface area contributed by atoms with Crippen molar-refractivity contribution in [1.82, 2.24) is 0 Å². The quantitative estimate of drug-likeness (QED) is 0.641. The van der Waals surface area contributed by atoms with Crippen LogP contribution in [-0.4, -0.2) is 6.61 Å². The Labute approximate surface area is 128 Å². The second-order valence-corrected chi connectivity index (χ2v) is 7.33. The smallest absolute Gasteiger partial charge is 0.127 e. The average Bonchev–Trinajstić information content (AvgIpc) is 2.86. The van der Waals surface area contributed by atoms with Gasteiger partial charge in [-0.25, -0.2) is 0 Å². The van der Waals surface area contributed by atoms with Gasteiger partial charge in [-0.15, -0.1) is 0 Å². The number of alkyl halides is 1. The number of fused-ring (bicyclic) bond motifs is 1. The highest BCUT2D eigenvalue weighted by atomic mass is 79.9. The van der Waals surface area contributed by atoms with Crippen LogP contribution < -0.4 is 4.74 Å². The van der Waals surface area contributed by atoms with Gasteiger partial charge in [-0.1, -0.05) is 59.6 Å². The summed E-state index contributed by atoms with van der Waals surface area (Å²) in [5.74, 6) is 1.94. The highest BCUT2D eigenvalue weighted by Gasteiger charge is 2.24. The largest absolute Gasteiger partial charge is 0.493 e. The van der Waals surface area contributed by atoms with Gasteiger partial charge >= 0.3 is 0 Å². The van der Waals surface area contributed by atoms with Gasteiger partial charge in [0.25, 0.3) is 0 Å². The Morgan fingerprint density at radius 2 is 2.05 bits per heavy atom. The molecule has 1 aliphatic carbocycles. The summed E-state index contributed by atoms with van der Waals surface area (Å²) in [5, 5.41) is 0.840. The zero-order chi connectivity index (χ0) is 13.2. The van der Waals surface area contributed by atoms with E-state index in [1.165, 1.54) is 49.7 Å². The number of hydrogen-bond acceptors (Lipinski definition) is 1. The van der Waals surface area contributed by atoms with Crippen LogP contribution in [0.5, 0.6) is 5.75 Å². The maximum absolute atomic E-state index is 6.24. The van der Waals surface area contributed by atoms with E-state index in [-0.39, 0.29) is 0 Å². The highest BCUT2D eigenvalue weighted by Crippen LogP contribution is 2.43. The fraction of sp³-hybridized carbons (Fsp3) is 0.625. The summed E-state index contributed by atoms with van der Waals surface area (Å²) in [6.45, 7) is 0.797. The van der Waals surface area contributed by atoms with Crippen LogP contribution >= 0.6 is 27.5 Å². The Kier molecular flexibility index (Phi) is 4.38. The van der Waals surface area contributed by atoms with Crippen molar-refractivity contribution in [2.24, 2.45) is 5.92 Å². The van der Waals surface area contributed by atoms with Crippen molar-refractivity contribution < 1.29 is 4.74 Å². The lowest BCUT2D eigenvalue weighted by atomic mass is 9.85. The molecular weight excluding hydrogens is 324 g/mol. The number of ether oxygens (including phenoxy) is 1. The van der Waals surface area contributed by atoms with Crippen molar-refractivity contribution in [2.45, 2.75) is 49.8 Å². The molecule has 1 unspecified atom stereocenters. The zero-order valence-corrected chi connectivity index (χ0v) is 13.5. The van der Waals surface area contributed by atoms with Crippen LogP contribution in [0.1, 0.15) is 54.5 Å². The summed E-state index contributed by atoms with van der Waals surface area (Å²) in [6, 6.07) is 4.13. The van der Waals surface area contributed by atoms with Gasteiger partial charge in [0.2, 0.25) is 0 Å². The van der Waals surface area contributed by atoms with Crippen molar-refractivity contribution in [2.75, 3.05) is 6.61 Å². The molecular formula is C16H20BrClO. The van der Waals surface area contributed by atoms with Gasteiger partial charge in [0.05, 0.1) is 6.61 Å². The maximum Gasteiger partial charge on any atom is 0.127 e. The van der Waals surface area contributed by atoms with Crippen molar-refractivity contribution in [3.8, 4) is 5.75 Å². The van der Waals surface area contributed by atoms with E-state index in [0.717, 1.165) is 29.7 Å². The van der Waals surface area contributed by atoms with E-state index < -0.39 is 0 Å². The van der Waals surface area contributed by atoms with Crippen LogP contribution in [0.4, 0.5) is 0 Å². The zero-order valence-electron chi connectivity index (χ0n) is 11.1. The summed E-state index contributed by atoms with van der Waals surface area (Å²) in [6.07, 6.45) is 9.17. The lowest BCUT2D eigenvalue weighted by Gasteiger charge is -2.24. The molecule has 0 spiro atoms. The first-order chi connectivity index (χ1) is 9.24. The monoisotopic (exact) mass is 342 g/mol. The molecule has 0 aromatic heterocycles. The summed E-state index contributed by atoms with van der Waals surface area (Å²) >= 11 is 10.1. The van der Waals surface area contributed by atoms with E-state index in [1.54, 1.807) is 0 Å². The van der Waals surface area contributed by atoms with Gasteiger partial charge in [0, 0.05) is 21.8 Å². The first kappa shape index (κ1) is 13.8. The number of halogens is 2. The van der Waals surface area contributed by atoms with E-state index >= 15 is 0 Å². The third kappa shape index (κ3) is 3.11. The van der Waals surface area contributed by atoms with E-state index in [2.05, 4.69) is 22.0 Å². The fourth-order valence-corrected chi connectivity index (χ4v) is 4.49. The topological polar surface area (TPSA) is 9.23 Å². The minimum atomic E-state index is 0.376. The minimum absolute atomic E-state index is 0.376. The van der Waals surface area contributed by atoms with Gasteiger partial charge in [-0.2, -0.15) is 0 Å². The van der Waals surface area contributed by atoms with Gasteiger partial charge < -0.3 is 4.74 Å². The molecule has 1 aliphatic heterocycles. The third-order valence-electron chi connectivity index (χ3n) is 4.38. The molecule has 1 nitrogen and oxygen atoms in total. The predicted molar refractivity (Wildman–Crippen MR) is 83.5 cm³/mol. The molecule has 19 heavy (non-hydrogen) atoms. The van der Waals surface area contributed by atoms with Gasteiger partial charge in [0.15, 0.2) is 0 Å². The van der Waals surface area contributed by atoms with Crippen LogP contribution in [0.3, 0.4) is 0 Å². The first-order valence-corrected chi connectivity index (χ1v) is 8.62. The van der Waals surface area contributed by atoms with E-state index in [4.69, 9.17) is 16.3 Å².